The molecular weight excluding hydrogens is 408 g/mol. The first kappa shape index (κ1) is 23.5. The minimum Gasteiger partial charge on any atom is -0.492 e. The lowest BCUT2D eigenvalue weighted by molar-refractivity contribution is -0.120. The zero-order valence-corrected chi connectivity index (χ0v) is 19.1. The SMILES string of the molecule is CCOc1ccccc1N1C(=O)C(c2ccc(C)cc2)=C(N(CCOC)CCOC)C1=O. The molecular formula is C25H30N2O5. The first-order chi connectivity index (χ1) is 15.5. The highest BCUT2D eigenvalue weighted by molar-refractivity contribution is 6.45. The van der Waals surface area contributed by atoms with Gasteiger partial charge in [0.25, 0.3) is 11.8 Å². The Bertz CT molecular complexity index is 976. The van der Waals surface area contributed by atoms with Crippen LogP contribution < -0.4 is 9.64 Å². The summed E-state index contributed by atoms with van der Waals surface area (Å²) in [5.41, 5.74) is 2.91. The second kappa shape index (κ2) is 10.9. The number of methoxy groups -OCH3 is 2. The van der Waals surface area contributed by atoms with E-state index in [1.165, 1.54) is 4.90 Å². The number of ether oxygens (including phenoxy) is 3. The number of amides is 2. The van der Waals surface area contributed by atoms with E-state index >= 15 is 0 Å². The lowest BCUT2D eigenvalue weighted by Gasteiger charge is -2.26. The second-order valence-corrected chi connectivity index (χ2v) is 7.41. The average Bonchev–Trinajstić information content (AvgIpc) is 3.05. The summed E-state index contributed by atoms with van der Waals surface area (Å²) in [5.74, 6) is -0.271. The Labute approximate surface area is 189 Å². The van der Waals surface area contributed by atoms with Crippen LogP contribution in [0.3, 0.4) is 0 Å². The summed E-state index contributed by atoms with van der Waals surface area (Å²) in [6.07, 6.45) is 0. The maximum atomic E-state index is 13.8. The smallest absolute Gasteiger partial charge is 0.282 e. The largest absolute Gasteiger partial charge is 0.492 e. The highest BCUT2D eigenvalue weighted by Gasteiger charge is 2.43. The van der Waals surface area contributed by atoms with Crippen molar-refractivity contribution in [1.29, 1.82) is 0 Å². The zero-order chi connectivity index (χ0) is 23.1. The van der Waals surface area contributed by atoms with Gasteiger partial charge in [0.1, 0.15) is 11.4 Å². The van der Waals surface area contributed by atoms with Crippen molar-refractivity contribution in [2.75, 3.05) is 52.0 Å². The summed E-state index contributed by atoms with van der Waals surface area (Å²) in [5, 5.41) is 0. The van der Waals surface area contributed by atoms with Gasteiger partial charge in [-0.25, -0.2) is 4.90 Å². The van der Waals surface area contributed by atoms with E-state index in [9.17, 15) is 9.59 Å². The molecule has 2 aromatic carbocycles. The molecule has 7 heteroatoms. The van der Waals surface area contributed by atoms with Gasteiger partial charge in [0, 0.05) is 27.3 Å². The average molecular weight is 439 g/mol. The maximum Gasteiger partial charge on any atom is 0.282 e. The molecule has 0 saturated carbocycles. The van der Waals surface area contributed by atoms with Crippen LogP contribution in [0.5, 0.6) is 5.75 Å². The molecule has 0 radical (unpaired) electrons. The number of rotatable bonds is 11. The van der Waals surface area contributed by atoms with E-state index in [-0.39, 0.29) is 11.8 Å². The summed E-state index contributed by atoms with van der Waals surface area (Å²) in [6, 6.07) is 14.7. The summed E-state index contributed by atoms with van der Waals surface area (Å²) >= 11 is 0. The van der Waals surface area contributed by atoms with Gasteiger partial charge in [-0.2, -0.15) is 0 Å². The normalized spacial score (nSPS) is 13.8. The number of imide groups is 1. The lowest BCUT2D eigenvalue weighted by Crippen LogP contribution is -2.37. The third-order valence-electron chi connectivity index (χ3n) is 5.25. The fraction of sp³-hybridized carbons (Fsp3) is 0.360. The highest BCUT2D eigenvalue weighted by Crippen LogP contribution is 2.38. The van der Waals surface area contributed by atoms with Gasteiger partial charge >= 0.3 is 0 Å². The number of benzene rings is 2. The molecule has 3 rings (SSSR count). The van der Waals surface area contributed by atoms with Crippen molar-refractivity contribution >= 4 is 23.1 Å². The Morgan fingerprint density at radius 2 is 1.50 bits per heavy atom. The molecule has 7 nitrogen and oxygen atoms in total. The molecule has 170 valence electrons. The van der Waals surface area contributed by atoms with Crippen LogP contribution in [0.1, 0.15) is 18.1 Å². The number of anilines is 1. The Kier molecular flexibility index (Phi) is 8.03. The summed E-state index contributed by atoms with van der Waals surface area (Å²) in [6.45, 7) is 5.98. The Balaban J connectivity index is 2.14. The van der Waals surface area contributed by atoms with E-state index < -0.39 is 0 Å². The fourth-order valence-corrected chi connectivity index (χ4v) is 3.67. The minimum atomic E-state index is -0.384. The predicted molar refractivity (Wildman–Crippen MR) is 124 cm³/mol. The Hall–Kier alpha value is -3.16. The van der Waals surface area contributed by atoms with Crippen molar-refractivity contribution < 1.29 is 23.8 Å². The molecule has 0 spiro atoms. The topological polar surface area (TPSA) is 68.3 Å². The summed E-state index contributed by atoms with van der Waals surface area (Å²) < 4.78 is 16.2. The molecule has 0 bridgehead atoms. The second-order valence-electron chi connectivity index (χ2n) is 7.41. The van der Waals surface area contributed by atoms with Crippen LogP contribution in [-0.4, -0.2) is 63.8 Å². The summed E-state index contributed by atoms with van der Waals surface area (Å²) in [7, 11) is 3.21. The number of hydrogen-bond acceptors (Lipinski definition) is 6. The monoisotopic (exact) mass is 438 g/mol. The number of aryl methyl sites for hydroxylation is 1. The van der Waals surface area contributed by atoms with Gasteiger partial charge in [-0.1, -0.05) is 42.0 Å². The van der Waals surface area contributed by atoms with Crippen LogP contribution >= 0.6 is 0 Å². The van der Waals surface area contributed by atoms with Crippen LogP contribution in [0.2, 0.25) is 0 Å². The molecule has 1 aliphatic rings. The van der Waals surface area contributed by atoms with E-state index in [1.807, 2.05) is 49.1 Å². The van der Waals surface area contributed by atoms with Crippen molar-refractivity contribution in [2.45, 2.75) is 13.8 Å². The molecule has 1 aliphatic heterocycles. The zero-order valence-electron chi connectivity index (χ0n) is 19.1. The highest BCUT2D eigenvalue weighted by atomic mass is 16.5. The van der Waals surface area contributed by atoms with Crippen LogP contribution in [-0.2, 0) is 19.1 Å². The van der Waals surface area contributed by atoms with Gasteiger partial charge in [0.05, 0.1) is 31.1 Å². The molecule has 2 aromatic rings. The minimum absolute atomic E-state index is 0.347. The van der Waals surface area contributed by atoms with Crippen LogP contribution in [0.4, 0.5) is 5.69 Å². The number of carbonyl (C=O) groups is 2. The van der Waals surface area contributed by atoms with Crippen LogP contribution in [0, 0.1) is 6.92 Å². The predicted octanol–water partition coefficient (Wildman–Crippen LogP) is 3.27. The molecule has 0 fully saturated rings. The van der Waals surface area contributed by atoms with E-state index in [0.29, 0.717) is 61.2 Å². The fourth-order valence-electron chi connectivity index (χ4n) is 3.67. The molecule has 0 aromatic heterocycles. The van der Waals surface area contributed by atoms with Gasteiger partial charge in [-0.15, -0.1) is 0 Å². The van der Waals surface area contributed by atoms with E-state index in [1.54, 1.807) is 32.4 Å². The molecule has 2 amide bonds. The van der Waals surface area contributed by atoms with Gasteiger partial charge in [0.2, 0.25) is 0 Å². The van der Waals surface area contributed by atoms with Crippen LogP contribution in [0.25, 0.3) is 5.57 Å². The number of nitrogens with zero attached hydrogens (tertiary/aromatic N) is 2. The van der Waals surface area contributed by atoms with Gasteiger partial charge in [-0.3, -0.25) is 9.59 Å². The van der Waals surface area contributed by atoms with Gasteiger partial charge in [-0.05, 0) is 31.5 Å². The quantitative estimate of drug-likeness (QED) is 0.502. The molecule has 0 N–H and O–H groups in total. The standard InChI is InChI=1S/C25H30N2O5/c1-5-32-21-9-7-6-8-20(21)27-24(28)22(19-12-10-18(2)11-13-19)23(25(27)29)26(14-16-30-3)15-17-31-4/h6-13H,5,14-17H2,1-4H3. The van der Waals surface area contributed by atoms with E-state index in [0.717, 1.165) is 5.56 Å². The summed E-state index contributed by atoms with van der Waals surface area (Å²) in [4.78, 5) is 30.6. The number of para-hydroxylation sites is 2. The lowest BCUT2D eigenvalue weighted by atomic mass is 10.0. The third kappa shape index (κ3) is 4.84. The van der Waals surface area contributed by atoms with Crippen molar-refractivity contribution in [3.8, 4) is 5.75 Å². The van der Waals surface area contributed by atoms with E-state index in [4.69, 9.17) is 14.2 Å². The van der Waals surface area contributed by atoms with Crippen molar-refractivity contribution in [3.05, 3.63) is 65.4 Å². The molecule has 0 aliphatic carbocycles. The molecule has 0 saturated heterocycles. The van der Waals surface area contributed by atoms with Crippen LogP contribution in [0.15, 0.2) is 54.2 Å². The number of hydrogen-bond donors (Lipinski definition) is 0. The maximum absolute atomic E-state index is 13.8. The van der Waals surface area contributed by atoms with Crippen molar-refractivity contribution in [1.82, 2.24) is 4.90 Å². The van der Waals surface area contributed by atoms with Gasteiger partial charge < -0.3 is 19.1 Å². The van der Waals surface area contributed by atoms with E-state index in [2.05, 4.69) is 0 Å². The Morgan fingerprint density at radius 1 is 0.875 bits per heavy atom. The Morgan fingerprint density at radius 3 is 2.09 bits per heavy atom. The van der Waals surface area contributed by atoms with Crippen molar-refractivity contribution in [2.24, 2.45) is 0 Å². The molecule has 0 unspecified atom stereocenters. The number of carbonyl (C=O) groups excluding carboxylic acids is 2. The first-order valence-corrected chi connectivity index (χ1v) is 10.7. The molecule has 32 heavy (non-hydrogen) atoms. The third-order valence-corrected chi connectivity index (χ3v) is 5.25. The first-order valence-electron chi connectivity index (χ1n) is 10.7. The molecule has 1 heterocycles. The molecule has 0 atom stereocenters. The van der Waals surface area contributed by atoms with Gasteiger partial charge in [0.15, 0.2) is 0 Å². The van der Waals surface area contributed by atoms with Crippen molar-refractivity contribution in [3.63, 3.8) is 0 Å².